The maximum atomic E-state index is 13.2. The molecule has 11 heteroatoms. The molecule has 8 nitrogen and oxygen atoms in total. The van der Waals surface area contributed by atoms with Crippen molar-refractivity contribution in [1.82, 2.24) is 3.87 Å². The number of rotatable bonds is 10. The van der Waals surface area contributed by atoms with Gasteiger partial charge in [0.25, 0.3) is 10.0 Å². The zero-order valence-electron chi connectivity index (χ0n) is 16.8. The number of benzene rings is 3. The molecule has 0 saturated heterocycles. The maximum absolute atomic E-state index is 13.2. The lowest BCUT2D eigenvalue weighted by atomic mass is 10.2. The van der Waals surface area contributed by atoms with Gasteiger partial charge in [-0.1, -0.05) is 43.0 Å². The van der Waals surface area contributed by atoms with Crippen molar-refractivity contribution in [2.75, 3.05) is 7.11 Å². The molecule has 3 rings (SSSR count). The van der Waals surface area contributed by atoms with Gasteiger partial charge in [0.05, 0.1) is 20.8 Å². The molecule has 2 atom stereocenters. The van der Waals surface area contributed by atoms with Gasteiger partial charge in [0, 0.05) is 0 Å². The third kappa shape index (κ3) is 5.69. The van der Waals surface area contributed by atoms with Crippen LogP contribution >= 0.6 is 0 Å². The van der Waals surface area contributed by atoms with E-state index in [1.165, 1.54) is 55.6 Å². The summed E-state index contributed by atoms with van der Waals surface area (Å²) in [6.45, 7) is 3.63. The quantitative estimate of drug-likeness (QED) is 0.398. The molecule has 0 saturated carbocycles. The van der Waals surface area contributed by atoms with Crippen LogP contribution in [0.4, 0.5) is 0 Å². The van der Waals surface area contributed by atoms with Crippen molar-refractivity contribution in [3.05, 3.63) is 91.0 Å². The molecule has 0 bridgehead atoms. The second-order valence-corrected chi connectivity index (χ2v) is 10.1. The lowest BCUT2D eigenvalue weighted by Crippen LogP contribution is -2.36. The van der Waals surface area contributed by atoms with Crippen molar-refractivity contribution in [3.63, 3.8) is 0 Å². The number of nitrogens with zero attached hydrogens (tertiary/aromatic N) is 1. The number of hydrogen-bond acceptors (Lipinski definition) is 7. The molecule has 0 aliphatic carbocycles. The predicted molar refractivity (Wildman–Crippen MR) is 121 cm³/mol. The van der Waals surface area contributed by atoms with Crippen molar-refractivity contribution >= 4 is 38.4 Å². The standard InChI is InChI=1S/C21H19NO7S3/c1-3-17-9-13-20(14-10-17)30(23)29-22(31(24)28-19-7-5-4-6-8-19)32(25,26)21-15-11-18(27-2)12-16-21/h3-16H,1H2,2H3. The largest absolute Gasteiger partial charge is 0.497 e. The van der Waals surface area contributed by atoms with Crippen molar-refractivity contribution in [2.45, 2.75) is 9.79 Å². The highest BCUT2D eigenvalue weighted by Gasteiger charge is 2.36. The van der Waals surface area contributed by atoms with Crippen molar-refractivity contribution in [3.8, 4) is 11.5 Å². The first-order valence-electron chi connectivity index (χ1n) is 9.02. The van der Waals surface area contributed by atoms with E-state index in [4.69, 9.17) is 13.2 Å². The van der Waals surface area contributed by atoms with Crippen LogP contribution in [-0.2, 0) is 36.7 Å². The van der Waals surface area contributed by atoms with E-state index in [1.54, 1.807) is 36.4 Å². The number of sulfonamides is 1. The smallest absolute Gasteiger partial charge is 0.332 e. The van der Waals surface area contributed by atoms with Crippen LogP contribution in [0, 0.1) is 0 Å². The zero-order chi connectivity index (χ0) is 23.1. The number of ether oxygens (including phenoxy) is 1. The van der Waals surface area contributed by atoms with Crippen LogP contribution in [0.1, 0.15) is 5.56 Å². The Morgan fingerprint density at radius 3 is 2.06 bits per heavy atom. The Kier molecular flexibility index (Phi) is 7.94. The van der Waals surface area contributed by atoms with Crippen molar-refractivity contribution in [2.24, 2.45) is 0 Å². The van der Waals surface area contributed by atoms with E-state index in [0.717, 1.165) is 5.56 Å². The Labute approximate surface area is 191 Å². The molecule has 0 fully saturated rings. The van der Waals surface area contributed by atoms with Crippen LogP contribution in [0.15, 0.2) is 95.2 Å². The van der Waals surface area contributed by atoms with Crippen LogP contribution in [0.2, 0.25) is 0 Å². The van der Waals surface area contributed by atoms with Crippen molar-refractivity contribution < 1.29 is 30.0 Å². The summed E-state index contributed by atoms with van der Waals surface area (Å²) < 4.78 is 67.4. The van der Waals surface area contributed by atoms with Gasteiger partial charge in [-0.25, -0.2) is 12.6 Å². The molecule has 0 heterocycles. The van der Waals surface area contributed by atoms with E-state index >= 15 is 0 Å². The van der Waals surface area contributed by atoms with E-state index in [-0.39, 0.29) is 19.4 Å². The molecule has 0 spiro atoms. The summed E-state index contributed by atoms with van der Waals surface area (Å²) in [7, 11) is -3.11. The van der Waals surface area contributed by atoms with Gasteiger partial charge in [0.15, 0.2) is 0 Å². The molecule has 2 unspecified atom stereocenters. The Morgan fingerprint density at radius 2 is 1.50 bits per heavy atom. The van der Waals surface area contributed by atoms with Crippen LogP contribution in [0.5, 0.6) is 11.5 Å². The second kappa shape index (κ2) is 10.7. The maximum Gasteiger partial charge on any atom is 0.332 e. The summed E-state index contributed by atoms with van der Waals surface area (Å²) in [5, 5.41) is 0. The van der Waals surface area contributed by atoms with Gasteiger partial charge in [-0.3, -0.25) is 0 Å². The molecule has 3 aromatic rings. The second-order valence-electron chi connectivity index (χ2n) is 6.07. The minimum atomic E-state index is -4.54. The fraction of sp³-hybridized carbons (Fsp3) is 0.0476. The van der Waals surface area contributed by atoms with E-state index in [1.807, 2.05) is 0 Å². The van der Waals surface area contributed by atoms with Gasteiger partial charge >= 0.3 is 11.3 Å². The molecular formula is C21H19NO7S3. The molecule has 0 radical (unpaired) electrons. The minimum Gasteiger partial charge on any atom is -0.497 e. The van der Waals surface area contributed by atoms with Crippen LogP contribution < -0.4 is 8.92 Å². The topological polar surface area (TPSA) is 99.2 Å². The minimum absolute atomic E-state index is 0.0827. The molecule has 168 valence electrons. The fourth-order valence-electron chi connectivity index (χ4n) is 2.38. The third-order valence-corrected chi connectivity index (χ3v) is 8.09. The summed E-state index contributed by atoms with van der Waals surface area (Å²) >= 11 is -5.02. The normalized spacial score (nSPS) is 13.3. The van der Waals surface area contributed by atoms with E-state index < -0.39 is 32.4 Å². The Bertz CT molecular complexity index is 1210. The van der Waals surface area contributed by atoms with Crippen molar-refractivity contribution in [1.29, 1.82) is 0 Å². The Balaban J connectivity index is 1.94. The summed E-state index contributed by atoms with van der Waals surface area (Å²) in [6.07, 6.45) is 1.59. The predicted octanol–water partition coefficient (Wildman–Crippen LogP) is 3.64. The van der Waals surface area contributed by atoms with Gasteiger partial charge in [-0.05, 0) is 54.1 Å². The lowest BCUT2D eigenvalue weighted by molar-refractivity contribution is 0.148. The number of hydrogen-bond donors (Lipinski definition) is 0. The first-order valence-corrected chi connectivity index (χ1v) is 12.6. The highest BCUT2D eigenvalue weighted by molar-refractivity contribution is 8.00. The van der Waals surface area contributed by atoms with E-state index in [2.05, 4.69) is 6.58 Å². The van der Waals surface area contributed by atoms with E-state index in [9.17, 15) is 16.8 Å². The lowest BCUT2D eigenvalue weighted by Gasteiger charge is -2.18. The highest BCUT2D eigenvalue weighted by Crippen LogP contribution is 2.24. The molecule has 0 aliphatic heterocycles. The molecule has 32 heavy (non-hydrogen) atoms. The van der Waals surface area contributed by atoms with E-state index in [0.29, 0.717) is 5.75 Å². The van der Waals surface area contributed by atoms with Gasteiger partial charge in [0.2, 0.25) is 11.1 Å². The van der Waals surface area contributed by atoms with Crippen LogP contribution in [-0.4, -0.2) is 27.8 Å². The molecule has 0 aromatic heterocycles. The first-order chi connectivity index (χ1) is 15.3. The van der Waals surface area contributed by atoms with Crippen LogP contribution in [0.25, 0.3) is 6.08 Å². The summed E-state index contributed by atoms with van der Waals surface area (Å²) in [5.41, 5.74) is 0.768. The fourth-order valence-corrected chi connectivity index (χ4v) is 5.77. The average Bonchev–Trinajstić information content (AvgIpc) is 2.82. The monoisotopic (exact) mass is 493 g/mol. The average molecular weight is 494 g/mol. The zero-order valence-corrected chi connectivity index (χ0v) is 19.3. The van der Waals surface area contributed by atoms with Gasteiger partial charge in [-0.15, -0.1) is 0 Å². The van der Waals surface area contributed by atoms with Gasteiger partial charge < -0.3 is 8.92 Å². The third-order valence-electron chi connectivity index (χ3n) is 4.02. The van der Waals surface area contributed by atoms with Crippen LogP contribution in [0.3, 0.4) is 0 Å². The molecule has 0 N–H and O–H groups in total. The molecular weight excluding hydrogens is 474 g/mol. The number of methoxy groups -OCH3 is 1. The van der Waals surface area contributed by atoms with Gasteiger partial charge in [0.1, 0.15) is 11.5 Å². The first kappa shape index (κ1) is 23.8. The Morgan fingerprint density at radius 1 is 0.875 bits per heavy atom. The summed E-state index contributed by atoms with van der Waals surface area (Å²) in [5.74, 6) is 0.550. The number of para-hydroxylation sites is 1. The molecule has 0 amide bonds. The van der Waals surface area contributed by atoms with Gasteiger partial charge in [-0.2, -0.15) is 8.49 Å². The SMILES string of the molecule is C=Cc1ccc(S(=O)ON(S(=O)Oc2ccccc2)S(=O)(=O)c2ccc(OC)cc2)cc1. The Hall–Kier alpha value is -2.83. The summed E-state index contributed by atoms with van der Waals surface area (Å²) in [4.78, 5) is -0.107. The molecule has 3 aromatic carbocycles. The molecule has 0 aliphatic rings. The highest BCUT2D eigenvalue weighted by atomic mass is 32.3. The summed E-state index contributed by atoms with van der Waals surface area (Å²) in [6, 6.07) is 19.4.